The first-order valence-corrected chi connectivity index (χ1v) is 7.37. The molecule has 1 aliphatic rings. The number of hydrogen-bond acceptors (Lipinski definition) is 3. The molecule has 2 rings (SSSR count). The number of rotatable bonds is 3. The third-order valence-corrected chi connectivity index (χ3v) is 4.29. The maximum Gasteiger partial charge on any atom is 0.335 e. The number of aromatic carboxylic acids is 1. The molecule has 1 saturated carbocycles. The molecule has 0 aromatic heterocycles. The minimum Gasteiger partial charge on any atom is -0.478 e. The van der Waals surface area contributed by atoms with E-state index < -0.39 is 5.97 Å². The molecule has 1 aromatic rings. The molecule has 0 spiro atoms. The van der Waals surface area contributed by atoms with E-state index in [1.165, 1.54) is 12.1 Å². The van der Waals surface area contributed by atoms with Crippen molar-refractivity contribution in [1.82, 2.24) is 0 Å². The van der Waals surface area contributed by atoms with E-state index in [2.05, 4.69) is 21.2 Å². The molecule has 20 heavy (non-hydrogen) atoms. The average molecular weight is 341 g/mol. The van der Waals surface area contributed by atoms with Crippen molar-refractivity contribution in [3.05, 3.63) is 28.2 Å². The Balaban J connectivity index is 2.09. The van der Waals surface area contributed by atoms with Gasteiger partial charge in [0.1, 0.15) is 0 Å². The van der Waals surface area contributed by atoms with Crippen LogP contribution in [0.3, 0.4) is 0 Å². The van der Waals surface area contributed by atoms with Crippen LogP contribution in [0.1, 0.15) is 36.0 Å². The SMILES string of the molecule is NC1CCCCC1C(=O)Nc1ccc(C(=O)O)cc1Br. The fraction of sp³-hybridized carbons (Fsp3) is 0.429. The molecule has 0 heterocycles. The van der Waals surface area contributed by atoms with Crippen LogP contribution in [0, 0.1) is 5.92 Å². The summed E-state index contributed by atoms with van der Waals surface area (Å²) in [5.74, 6) is -1.27. The minimum atomic E-state index is -1.00. The number of anilines is 1. The van der Waals surface area contributed by atoms with E-state index in [0.29, 0.717) is 10.2 Å². The molecule has 6 heteroatoms. The number of carboxylic acids is 1. The number of nitrogens with two attached hydrogens (primary N) is 1. The highest BCUT2D eigenvalue weighted by molar-refractivity contribution is 9.10. The largest absolute Gasteiger partial charge is 0.478 e. The molecule has 4 N–H and O–H groups in total. The van der Waals surface area contributed by atoms with Crippen LogP contribution in [0.2, 0.25) is 0 Å². The van der Waals surface area contributed by atoms with Gasteiger partial charge < -0.3 is 16.2 Å². The molecule has 1 aromatic carbocycles. The summed E-state index contributed by atoms with van der Waals surface area (Å²) in [5, 5.41) is 11.7. The zero-order chi connectivity index (χ0) is 14.7. The summed E-state index contributed by atoms with van der Waals surface area (Å²) < 4.78 is 0.551. The first kappa shape index (κ1) is 15.0. The van der Waals surface area contributed by atoms with Gasteiger partial charge in [-0.05, 0) is 47.0 Å². The lowest BCUT2D eigenvalue weighted by molar-refractivity contribution is -0.121. The number of amides is 1. The summed E-state index contributed by atoms with van der Waals surface area (Å²) in [6.45, 7) is 0. The average Bonchev–Trinajstić information content (AvgIpc) is 2.41. The van der Waals surface area contributed by atoms with Crippen molar-refractivity contribution in [3.8, 4) is 0 Å². The Bertz CT molecular complexity index is 533. The van der Waals surface area contributed by atoms with E-state index in [4.69, 9.17) is 10.8 Å². The fourth-order valence-electron chi connectivity index (χ4n) is 2.46. The van der Waals surface area contributed by atoms with E-state index in [1.807, 2.05) is 0 Å². The van der Waals surface area contributed by atoms with Crippen LogP contribution in [0.5, 0.6) is 0 Å². The topological polar surface area (TPSA) is 92.4 Å². The van der Waals surface area contributed by atoms with Crippen LogP contribution in [0.4, 0.5) is 5.69 Å². The lowest BCUT2D eigenvalue weighted by Gasteiger charge is -2.27. The molecule has 108 valence electrons. The highest BCUT2D eigenvalue weighted by Gasteiger charge is 2.28. The van der Waals surface area contributed by atoms with E-state index in [9.17, 15) is 9.59 Å². The van der Waals surface area contributed by atoms with Gasteiger partial charge >= 0.3 is 5.97 Å². The lowest BCUT2D eigenvalue weighted by Crippen LogP contribution is -2.40. The highest BCUT2D eigenvalue weighted by atomic mass is 79.9. The molecule has 5 nitrogen and oxygen atoms in total. The molecule has 1 aliphatic carbocycles. The van der Waals surface area contributed by atoms with E-state index in [-0.39, 0.29) is 23.4 Å². The highest BCUT2D eigenvalue weighted by Crippen LogP contribution is 2.27. The number of halogens is 1. The third kappa shape index (κ3) is 3.37. The summed E-state index contributed by atoms with van der Waals surface area (Å²) in [7, 11) is 0. The minimum absolute atomic E-state index is 0.0963. The Kier molecular flexibility index (Phi) is 4.77. The summed E-state index contributed by atoms with van der Waals surface area (Å²) >= 11 is 3.27. The van der Waals surface area contributed by atoms with Crippen molar-refractivity contribution in [2.45, 2.75) is 31.7 Å². The second kappa shape index (κ2) is 6.37. The Labute approximate surface area is 125 Å². The van der Waals surface area contributed by atoms with Gasteiger partial charge in [0.05, 0.1) is 17.2 Å². The van der Waals surface area contributed by atoms with Crippen LogP contribution in [0.25, 0.3) is 0 Å². The van der Waals surface area contributed by atoms with Gasteiger partial charge in [0, 0.05) is 10.5 Å². The van der Waals surface area contributed by atoms with Crippen LogP contribution in [-0.4, -0.2) is 23.0 Å². The van der Waals surface area contributed by atoms with Crippen LogP contribution >= 0.6 is 15.9 Å². The van der Waals surface area contributed by atoms with E-state index in [0.717, 1.165) is 25.7 Å². The summed E-state index contributed by atoms with van der Waals surface area (Å²) in [6.07, 6.45) is 3.77. The lowest BCUT2D eigenvalue weighted by atomic mass is 9.84. The van der Waals surface area contributed by atoms with Crippen molar-refractivity contribution in [2.24, 2.45) is 11.7 Å². The van der Waals surface area contributed by atoms with E-state index >= 15 is 0 Å². The van der Waals surface area contributed by atoms with Gasteiger partial charge in [-0.15, -0.1) is 0 Å². The molecular formula is C14H17BrN2O3. The number of hydrogen-bond donors (Lipinski definition) is 3. The number of benzene rings is 1. The monoisotopic (exact) mass is 340 g/mol. The van der Waals surface area contributed by atoms with Crippen LogP contribution in [0.15, 0.2) is 22.7 Å². The maximum atomic E-state index is 12.2. The zero-order valence-electron chi connectivity index (χ0n) is 10.9. The first-order valence-electron chi connectivity index (χ1n) is 6.58. The normalized spacial score (nSPS) is 22.3. The number of carbonyl (C=O) groups excluding carboxylic acids is 1. The van der Waals surface area contributed by atoms with Crippen molar-refractivity contribution in [3.63, 3.8) is 0 Å². The molecule has 1 fully saturated rings. The van der Waals surface area contributed by atoms with Crippen LogP contribution < -0.4 is 11.1 Å². The van der Waals surface area contributed by atoms with Gasteiger partial charge in [0.15, 0.2) is 0 Å². The molecule has 1 amide bonds. The second-order valence-corrected chi connectivity index (χ2v) is 5.90. The smallest absolute Gasteiger partial charge is 0.335 e. The predicted octanol–water partition coefficient (Wildman–Crippen LogP) is 2.60. The Morgan fingerprint density at radius 1 is 1.30 bits per heavy atom. The summed E-state index contributed by atoms with van der Waals surface area (Å²) in [6, 6.07) is 4.42. The van der Waals surface area contributed by atoms with Gasteiger partial charge in [-0.2, -0.15) is 0 Å². The maximum absolute atomic E-state index is 12.2. The summed E-state index contributed by atoms with van der Waals surface area (Å²) in [5.41, 5.74) is 6.72. The van der Waals surface area contributed by atoms with Gasteiger partial charge in [-0.25, -0.2) is 4.79 Å². The molecule has 2 unspecified atom stereocenters. The van der Waals surface area contributed by atoms with Gasteiger partial charge in [-0.3, -0.25) is 4.79 Å². The Morgan fingerprint density at radius 3 is 2.60 bits per heavy atom. The number of carbonyl (C=O) groups is 2. The molecule has 0 aliphatic heterocycles. The van der Waals surface area contributed by atoms with E-state index in [1.54, 1.807) is 6.07 Å². The van der Waals surface area contributed by atoms with Crippen molar-refractivity contribution in [1.29, 1.82) is 0 Å². The first-order chi connectivity index (χ1) is 9.49. The van der Waals surface area contributed by atoms with Crippen molar-refractivity contribution >= 4 is 33.5 Å². The molecule has 0 bridgehead atoms. The number of nitrogens with one attached hydrogen (secondary N) is 1. The fourth-order valence-corrected chi connectivity index (χ4v) is 2.94. The molecule has 0 radical (unpaired) electrons. The van der Waals surface area contributed by atoms with Gasteiger partial charge in [0.2, 0.25) is 5.91 Å². The van der Waals surface area contributed by atoms with Crippen molar-refractivity contribution < 1.29 is 14.7 Å². The zero-order valence-corrected chi connectivity index (χ0v) is 12.5. The third-order valence-electron chi connectivity index (χ3n) is 3.63. The molecular weight excluding hydrogens is 324 g/mol. The Hall–Kier alpha value is -1.40. The number of carboxylic acid groups (broad SMARTS) is 1. The van der Waals surface area contributed by atoms with Gasteiger partial charge in [0.25, 0.3) is 0 Å². The molecule has 0 saturated heterocycles. The Morgan fingerprint density at radius 2 is 2.00 bits per heavy atom. The van der Waals surface area contributed by atoms with Crippen LogP contribution in [-0.2, 0) is 4.79 Å². The standard InChI is InChI=1S/C14H17BrN2O3/c15-10-7-8(14(19)20)5-6-12(10)17-13(18)9-3-1-2-4-11(9)16/h5-7,9,11H,1-4,16H2,(H,17,18)(H,19,20). The predicted molar refractivity (Wildman–Crippen MR) is 79.7 cm³/mol. The molecule has 2 atom stereocenters. The van der Waals surface area contributed by atoms with Gasteiger partial charge in [-0.1, -0.05) is 12.8 Å². The summed E-state index contributed by atoms with van der Waals surface area (Å²) in [4.78, 5) is 23.1. The quantitative estimate of drug-likeness (QED) is 0.788. The van der Waals surface area contributed by atoms with Crippen molar-refractivity contribution in [2.75, 3.05) is 5.32 Å². The second-order valence-electron chi connectivity index (χ2n) is 5.04.